The number of pyridine rings is 1. The Morgan fingerprint density at radius 1 is 1.39 bits per heavy atom. The molecule has 2 fully saturated rings. The van der Waals surface area contributed by atoms with Crippen LogP contribution in [0, 0.1) is 11.3 Å². The SMILES string of the molecule is N=C(N)c1cc(CN(CC2CC2)C2CC2)ccn1. The number of hydrogen-bond donors (Lipinski definition) is 2. The van der Waals surface area contributed by atoms with Crippen molar-refractivity contribution in [1.82, 2.24) is 9.88 Å². The van der Waals surface area contributed by atoms with E-state index >= 15 is 0 Å². The van der Waals surface area contributed by atoms with Crippen LogP contribution in [0.2, 0.25) is 0 Å². The van der Waals surface area contributed by atoms with Crippen LogP contribution >= 0.6 is 0 Å². The van der Waals surface area contributed by atoms with Crippen LogP contribution in [0.15, 0.2) is 18.3 Å². The molecule has 0 bridgehead atoms. The molecular weight excluding hydrogens is 224 g/mol. The maximum atomic E-state index is 7.44. The van der Waals surface area contributed by atoms with Crippen molar-refractivity contribution in [3.05, 3.63) is 29.6 Å². The smallest absolute Gasteiger partial charge is 0.141 e. The van der Waals surface area contributed by atoms with Gasteiger partial charge in [0, 0.05) is 25.3 Å². The Morgan fingerprint density at radius 2 is 2.17 bits per heavy atom. The fraction of sp³-hybridized carbons (Fsp3) is 0.571. The molecule has 3 rings (SSSR count). The molecule has 0 radical (unpaired) electrons. The van der Waals surface area contributed by atoms with E-state index in [1.54, 1.807) is 6.20 Å². The minimum Gasteiger partial charge on any atom is -0.382 e. The van der Waals surface area contributed by atoms with Crippen molar-refractivity contribution >= 4 is 5.84 Å². The van der Waals surface area contributed by atoms with Gasteiger partial charge >= 0.3 is 0 Å². The Labute approximate surface area is 108 Å². The van der Waals surface area contributed by atoms with E-state index in [0.717, 1.165) is 18.5 Å². The van der Waals surface area contributed by atoms with E-state index in [1.165, 1.54) is 37.8 Å². The van der Waals surface area contributed by atoms with Gasteiger partial charge in [-0.2, -0.15) is 0 Å². The van der Waals surface area contributed by atoms with Gasteiger partial charge in [0.15, 0.2) is 0 Å². The van der Waals surface area contributed by atoms with Crippen LogP contribution in [0.25, 0.3) is 0 Å². The number of nitrogens with zero attached hydrogens (tertiary/aromatic N) is 2. The predicted molar refractivity (Wildman–Crippen MR) is 71.4 cm³/mol. The maximum Gasteiger partial charge on any atom is 0.141 e. The topological polar surface area (TPSA) is 66.0 Å². The van der Waals surface area contributed by atoms with Crippen molar-refractivity contribution in [3.63, 3.8) is 0 Å². The summed E-state index contributed by atoms with van der Waals surface area (Å²) in [6, 6.07) is 4.78. The molecule has 1 heterocycles. The molecule has 0 atom stereocenters. The van der Waals surface area contributed by atoms with E-state index in [-0.39, 0.29) is 5.84 Å². The molecule has 2 aliphatic carbocycles. The standard InChI is InChI=1S/C14H20N4/c15-14(16)13-7-11(5-6-17-13)9-18(12-3-4-12)8-10-1-2-10/h5-7,10,12H,1-4,8-9H2,(H3,15,16). The first-order valence-electron chi connectivity index (χ1n) is 6.76. The van der Waals surface area contributed by atoms with Crippen LogP contribution < -0.4 is 5.73 Å². The summed E-state index contributed by atoms with van der Waals surface area (Å²) in [5, 5.41) is 7.44. The van der Waals surface area contributed by atoms with Gasteiger partial charge in [-0.3, -0.25) is 15.3 Å². The van der Waals surface area contributed by atoms with E-state index in [9.17, 15) is 0 Å². The van der Waals surface area contributed by atoms with Crippen molar-refractivity contribution in [2.24, 2.45) is 11.7 Å². The molecule has 1 aromatic rings. The lowest BCUT2D eigenvalue weighted by atomic mass is 10.2. The van der Waals surface area contributed by atoms with Gasteiger partial charge in [-0.05, 0) is 49.3 Å². The summed E-state index contributed by atoms with van der Waals surface area (Å²) in [7, 11) is 0. The number of nitrogens with one attached hydrogen (secondary N) is 1. The summed E-state index contributed by atoms with van der Waals surface area (Å²) in [4.78, 5) is 6.71. The minimum absolute atomic E-state index is 0.0528. The molecule has 18 heavy (non-hydrogen) atoms. The fourth-order valence-electron chi connectivity index (χ4n) is 2.37. The molecule has 2 saturated carbocycles. The molecular formula is C14H20N4. The molecule has 0 saturated heterocycles. The zero-order valence-corrected chi connectivity index (χ0v) is 10.6. The Morgan fingerprint density at radius 3 is 2.78 bits per heavy atom. The van der Waals surface area contributed by atoms with E-state index < -0.39 is 0 Å². The number of nitrogen functional groups attached to an aromatic ring is 1. The largest absolute Gasteiger partial charge is 0.382 e. The Kier molecular flexibility index (Phi) is 3.04. The van der Waals surface area contributed by atoms with Gasteiger partial charge in [0.1, 0.15) is 11.5 Å². The lowest BCUT2D eigenvalue weighted by Crippen LogP contribution is -2.28. The molecule has 0 aliphatic heterocycles. The summed E-state index contributed by atoms with van der Waals surface area (Å²) in [5.41, 5.74) is 7.30. The average molecular weight is 244 g/mol. The van der Waals surface area contributed by atoms with Crippen LogP contribution in [0.5, 0.6) is 0 Å². The van der Waals surface area contributed by atoms with E-state index in [1.807, 2.05) is 12.1 Å². The number of rotatable bonds is 6. The molecule has 3 N–H and O–H groups in total. The number of hydrogen-bond acceptors (Lipinski definition) is 3. The quantitative estimate of drug-likeness (QED) is 0.591. The van der Waals surface area contributed by atoms with Crippen molar-refractivity contribution < 1.29 is 0 Å². The highest BCUT2D eigenvalue weighted by molar-refractivity contribution is 5.93. The van der Waals surface area contributed by atoms with Crippen molar-refractivity contribution in [2.75, 3.05) is 6.54 Å². The first kappa shape index (κ1) is 11.7. The monoisotopic (exact) mass is 244 g/mol. The predicted octanol–water partition coefficient (Wildman–Crippen LogP) is 1.74. The van der Waals surface area contributed by atoms with Gasteiger partial charge in [0.25, 0.3) is 0 Å². The zero-order valence-electron chi connectivity index (χ0n) is 10.6. The highest BCUT2D eigenvalue weighted by atomic mass is 15.2. The molecule has 0 aromatic carbocycles. The van der Waals surface area contributed by atoms with Crippen LogP contribution in [0.1, 0.15) is 36.9 Å². The van der Waals surface area contributed by atoms with Gasteiger partial charge in [-0.15, -0.1) is 0 Å². The summed E-state index contributed by atoms with van der Waals surface area (Å²) >= 11 is 0. The third-order valence-corrected chi connectivity index (χ3v) is 3.74. The number of aromatic nitrogens is 1. The molecule has 1 aromatic heterocycles. The van der Waals surface area contributed by atoms with Crippen molar-refractivity contribution in [1.29, 1.82) is 5.41 Å². The fourth-order valence-corrected chi connectivity index (χ4v) is 2.37. The second-order valence-electron chi connectivity index (χ2n) is 5.57. The maximum absolute atomic E-state index is 7.44. The second-order valence-corrected chi connectivity index (χ2v) is 5.57. The van der Waals surface area contributed by atoms with Gasteiger partial charge < -0.3 is 5.73 Å². The summed E-state index contributed by atoms with van der Waals surface area (Å²) < 4.78 is 0. The Bertz CT molecular complexity index is 449. The lowest BCUT2D eigenvalue weighted by Gasteiger charge is -2.22. The zero-order chi connectivity index (χ0) is 12.5. The number of amidine groups is 1. The van der Waals surface area contributed by atoms with Crippen LogP contribution in [-0.4, -0.2) is 28.3 Å². The third-order valence-electron chi connectivity index (χ3n) is 3.74. The normalized spacial score (nSPS) is 19.2. The third kappa shape index (κ3) is 2.88. The molecule has 0 unspecified atom stereocenters. The highest BCUT2D eigenvalue weighted by Crippen LogP contribution is 2.35. The lowest BCUT2D eigenvalue weighted by molar-refractivity contribution is 0.244. The van der Waals surface area contributed by atoms with Gasteiger partial charge in [0.05, 0.1) is 0 Å². The molecule has 2 aliphatic rings. The van der Waals surface area contributed by atoms with Crippen molar-refractivity contribution in [2.45, 2.75) is 38.3 Å². The summed E-state index contributed by atoms with van der Waals surface area (Å²) in [6.45, 7) is 2.21. The molecule has 4 heteroatoms. The molecule has 96 valence electrons. The van der Waals surface area contributed by atoms with Gasteiger partial charge in [-0.1, -0.05) is 0 Å². The van der Waals surface area contributed by atoms with Crippen LogP contribution in [0.3, 0.4) is 0 Å². The van der Waals surface area contributed by atoms with E-state index in [0.29, 0.717) is 5.69 Å². The van der Waals surface area contributed by atoms with Crippen LogP contribution in [-0.2, 0) is 6.54 Å². The second kappa shape index (κ2) is 4.69. The Balaban J connectivity index is 1.68. The van der Waals surface area contributed by atoms with Crippen molar-refractivity contribution in [3.8, 4) is 0 Å². The first-order valence-corrected chi connectivity index (χ1v) is 6.76. The minimum atomic E-state index is 0.0528. The van der Waals surface area contributed by atoms with E-state index in [4.69, 9.17) is 11.1 Å². The van der Waals surface area contributed by atoms with Gasteiger partial charge in [-0.25, -0.2) is 0 Å². The highest BCUT2D eigenvalue weighted by Gasteiger charge is 2.33. The van der Waals surface area contributed by atoms with Crippen LogP contribution in [0.4, 0.5) is 0 Å². The summed E-state index contributed by atoms with van der Waals surface area (Å²) in [5.74, 6) is 0.983. The van der Waals surface area contributed by atoms with Gasteiger partial charge in [0.2, 0.25) is 0 Å². The summed E-state index contributed by atoms with van der Waals surface area (Å²) in [6.07, 6.45) is 7.25. The molecule has 0 spiro atoms. The van der Waals surface area contributed by atoms with E-state index in [2.05, 4.69) is 9.88 Å². The molecule has 4 nitrogen and oxygen atoms in total. The average Bonchev–Trinajstić information content (AvgIpc) is 3.22. The first-order chi connectivity index (χ1) is 8.72. The molecule has 0 amide bonds. The number of nitrogens with two attached hydrogens (primary N) is 1. The Hall–Kier alpha value is -1.42.